The highest BCUT2D eigenvalue weighted by molar-refractivity contribution is 7.59. The fraction of sp³-hybridized carbons (Fsp3) is 1.00. The molecule has 0 spiro atoms. The van der Waals surface area contributed by atoms with Crippen molar-refractivity contribution >= 4 is 7.44 Å². The molecule has 0 aliphatic carbocycles. The minimum Gasteiger partial charge on any atom is -0.289 e. The van der Waals surface area contributed by atoms with Crippen molar-refractivity contribution in [1.82, 2.24) is 9.34 Å². The molecular formula is C12H29N2OP. The predicted octanol–water partition coefficient (Wildman–Crippen LogP) is 3.66. The molecule has 3 nitrogen and oxygen atoms in total. The molecule has 0 unspecified atom stereocenters. The lowest BCUT2D eigenvalue weighted by atomic mass is 10.4. The largest absolute Gasteiger partial charge is 0.289 e. The maximum Gasteiger partial charge on any atom is 0.216 e. The van der Waals surface area contributed by atoms with E-state index < -0.39 is 7.44 Å². The fourth-order valence-corrected chi connectivity index (χ4v) is 5.58. The smallest absolute Gasteiger partial charge is 0.216 e. The third-order valence-electron chi connectivity index (χ3n) is 3.15. The van der Waals surface area contributed by atoms with Crippen LogP contribution in [0.25, 0.3) is 0 Å². The summed E-state index contributed by atoms with van der Waals surface area (Å²) in [5.74, 6) is 0. The molecule has 0 atom stereocenters. The second-order valence-corrected chi connectivity index (χ2v) is 6.93. The molecule has 0 aromatic heterocycles. The molecule has 98 valence electrons. The number of rotatable bonds is 9. The van der Waals surface area contributed by atoms with Crippen LogP contribution in [0.15, 0.2) is 0 Å². The van der Waals surface area contributed by atoms with Gasteiger partial charge >= 0.3 is 0 Å². The SMILES string of the molecule is CCCCP(=O)(N(CC)CC)N(CC)CC. The van der Waals surface area contributed by atoms with Gasteiger partial charge in [-0.05, 0) is 6.42 Å². The lowest BCUT2D eigenvalue weighted by Gasteiger charge is -2.37. The van der Waals surface area contributed by atoms with Gasteiger partial charge in [0.25, 0.3) is 0 Å². The molecule has 0 heterocycles. The molecule has 0 N–H and O–H groups in total. The van der Waals surface area contributed by atoms with Crippen molar-refractivity contribution in [3.63, 3.8) is 0 Å². The fourth-order valence-electron chi connectivity index (χ4n) is 2.16. The van der Waals surface area contributed by atoms with E-state index in [-0.39, 0.29) is 0 Å². The Morgan fingerprint density at radius 1 is 0.812 bits per heavy atom. The van der Waals surface area contributed by atoms with Gasteiger partial charge in [-0.1, -0.05) is 41.0 Å². The van der Waals surface area contributed by atoms with Crippen molar-refractivity contribution < 1.29 is 4.57 Å². The Morgan fingerprint density at radius 3 is 1.44 bits per heavy atom. The Morgan fingerprint density at radius 2 is 1.19 bits per heavy atom. The molecule has 4 heteroatoms. The number of unbranched alkanes of at least 4 members (excludes halogenated alkanes) is 1. The summed E-state index contributed by atoms with van der Waals surface area (Å²) < 4.78 is 17.5. The molecule has 0 amide bonds. The summed E-state index contributed by atoms with van der Waals surface area (Å²) in [5.41, 5.74) is 0. The standard InChI is InChI=1S/C12H29N2OP/c1-6-11-12-16(15,13(7-2)8-3)14(9-4)10-5/h6-12H2,1-5H3. The molecule has 0 bridgehead atoms. The topological polar surface area (TPSA) is 23.6 Å². The molecule has 0 aromatic rings. The normalized spacial score (nSPS) is 12.7. The van der Waals surface area contributed by atoms with Gasteiger partial charge in [0, 0.05) is 32.3 Å². The molecule has 16 heavy (non-hydrogen) atoms. The lowest BCUT2D eigenvalue weighted by Crippen LogP contribution is -2.33. The van der Waals surface area contributed by atoms with Crippen LogP contribution in [0.1, 0.15) is 47.5 Å². The highest BCUT2D eigenvalue weighted by atomic mass is 31.2. The van der Waals surface area contributed by atoms with Crippen molar-refractivity contribution in [2.24, 2.45) is 0 Å². The quantitative estimate of drug-likeness (QED) is 0.582. The summed E-state index contributed by atoms with van der Waals surface area (Å²) >= 11 is 0. The lowest BCUT2D eigenvalue weighted by molar-refractivity contribution is 0.358. The van der Waals surface area contributed by atoms with E-state index in [1.165, 1.54) is 0 Å². The maximum absolute atomic E-state index is 13.1. The Bertz CT molecular complexity index is 197. The first kappa shape index (κ1) is 16.1. The van der Waals surface area contributed by atoms with E-state index in [4.69, 9.17) is 0 Å². The van der Waals surface area contributed by atoms with Crippen LogP contribution < -0.4 is 0 Å². The number of nitrogens with zero attached hydrogens (tertiary/aromatic N) is 2. The van der Waals surface area contributed by atoms with Crippen LogP contribution in [-0.4, -0.2) is 41.7 Å². The molecular weight excluding hydrogens is 219 g/mol. The van der Waals surface area contributed by atoms with Crippen LogP contribution in [0.5, 0.6) is 0 Å². The Kier molecular flexibility index (Phi) is 8.35. The maximum atomic E-state index is 13.1. The average molecular weight is 248 g/mol. The Hall–Kier alpha value is 0.150. The van der Waals surface area contributed by atoms with Gasteiger partial charge in [-0.25, -0.2) is 9.34 Å². The van der Waals surface area contributed by atoms with Crippen LogP contribution in [-0.2, 0) is 4.57 Å². The molecule has 0 saturated heterocycles. The number of hydrogen-bond donors (Lipinski definition) is 0. The second kappa shape index (κ2) is 8.27. The van der Waals surface area contributed by atoms with Gasteiger partial charge in [-0.2, -0.15) is 0 Å². The molecule has 0 aromatic carbocycles. The first-order valence-corrected chi connectivity index (χ1v) is 8.50. The van der Waals surface area contributed by atoms with Crippen molar-refractivity contribution in [3.8, 4) is 0 Å². The molecule has 0 aliphatic heterocycles. The Labute approximate surface area is 102 Å². The third kappa shape index (κ3) is 3.87. The summed E-state index contributed by atoms with van der Waals surface area (Å²) in [5, 5.41) is 0. The zero-order chi connectivity index (χ0) is 12.6. The minimum atomic E-state index is -2.29. The van der Waals surface area contributed by atoms with Crippen molar-refractivity contribution in [2.75, 3.05) is 32.3 Å². The highest BCUT2D eigenvalue weighted by Gasteiger charge is 2.32. The molecule has 0 saturated carbocycles. The van der Waals surface area contributed by atoms with Crippen LogP contribution in [0.3, 0.4) is 0 Å². The van der Waals surface area contributed by atoms with Gasteiger partial charge in [-0.3, -0.25) is 4.57 Å². The summed E-state index contributed by atoms with van der Waals surface area (Å²) in [6.07, 6.45) is 3.02. The van der Waals surface area contributed by atoms with Crippen LogP contribution in [0, 0.1) is 0 Å². The van der Waals surface area contributed by atoms with Gasteiger partial charge in [0.2, 0.25) is 7.44 Å². The average Bonchev–Trinajstić information content (AvgIpc) is 2.29. The summed E-state index contributed by atoms with van der Waals surface area (Å²) in [6, 6.07) is 0. The van der Waals surface area contributed by atoms with Crippen molar-refractivity contribution in [3.05, 3.63) is 0 Å². The molecule has 0 radical (unpaired) electrons. The van der Waals surface area contributed by atoms with E-state index >= 15 is 0 Å². The van der Waals surface area contributed by atoms with Gasteiger partial charge in [0.05, 0.1) is 0 Å². The van der Waals surface area contributed by atoms with E-state index in [2.05, 4.69) is 44.0 Å². The second-order valence-electron chi connectivity index (χ2n) is 4.02. The zero-order valence-corrected chi connectivity index (χ0v) is 12.6. The molecule has 0 fully saturated rings. The summed E-state index contributed by atoms with van der Waals surface area (Å²) in [4.78, 5) is 0. The minimum absolute atomic E-state index is 0.840. The van der Waals surface area contributed by atoms with E-state index in [0.717, 1.165) is 45.2 Å². The van der Waals surface area contributed by atoms with Crippen molar-refractivity contribution in [2.45, 2.75) is 47.5 Å². The first-order valence-electron chi connectivity index (χ1n) is 6.70. The van der Waals surface area contributed by atoms with Gasteiger partial charge in [-0.15, -0.1) is 0 Å². The monoisotopic (exact) mass is 248 g/mol. The summed E-state index contributed by atoms with van der Waals surface area (Å²) in [6.45, 7) is 14.1. The number of hydrogen-bond acceptors (Lipinski definition) is 1. The zero-order valence-electron chi connectivity index (χ0n) is 11.7. The Balaban J connectivity index is 4.91. The van der Waals surface area contributed by atoms with Gasteiger partial charge in [0.15, 0.2) is 0 Å². The van der Waals surface area contributed by atoms with E-state index in [0.29, 0.717) is 0 Å². The first-order chi connectivity index (χ1) is 7.60. The third-order valence-corrected chi connectivity index (χ3v) is 6.95. The summed E-state index contributed by atoms with van der Waals surface area (Å²) in [7, 11) is -2.29. The van der Waals surface area contributed by atoms with Gasteiger partial charge in [0.1, 0.15) is 0 Å². The molecule has 0 rings (SSSR count). The van der Waals surface area contributed by atoms with E-state index in [1.807, 2.05) is 0 Å². The van der Waals surface area contributed by atoms with Crippen LogP contribution in [0.2, 0.25) is 0 Å². The predicted molar refractivity (Wildman–Crippen MR) is 73.2 cm³/mol. The van der Waals surface area contributed by atoms with Crippen LogP contribution in [0.4, 0.5) is 0 Å². The van der Waals surface area contributed by atoms with Gasteiger partial charge < -0.3 is 0 Å². The van der Waals surface area contributed by atoms with E-state index in [1.54, 1.807) is 0 Å². The highest BCUT2D eigenvalue weighted by Crippen LogP contribution is 2.53. The van der Waals surface area contributed by atoms with Crippen molar-refractivity contribution in [1.29, 1.82) is 0 Å². The van der Waals surface area contributed by atoms with Crippen LogP contribution >= 0.6 is 7.44 Å². The molecule has 0 aliphatic rings. The van der Waals surface area contributed by atoms with E-state index in [9.17, 15) is 4.57 Å².